The number of nitrogens with one attached hydrogen (secondary N) is 1. The number of benzene rings is 1. The highest BCUT2D eigenvalue weighted by Crippen LogP contribution is 2.41. The number of nitrogens with zero attached hydrogens (tertiary/aromatic N) is 3. The van der Waals surface area contributed by atoms with E-state index in [4.69, 9.17) is 0 Å². The van der Waals surface area contributed by atoms with Gasteiger partial charge in [-0.15, -0.1) is 0 Å². The summed E-state index contributed by atoms with van der Waals surface area (Å²) >= 11 is 3.59. The monoisotopic (exact) mass is 386 g/mol. The summed E-state index contributed by atoms with van der Waals surface area (Å²) < 4.78 is 1.11. The molecule has 0 spiro atoms. The number of anilines is 1. The molecule has 0 saturated heterocycles. The Hall–Kier alpha value is -1.46. The van der Waals surface area contributed by atoms with Crippen LogP contribution >= 0.6 is 15.9 Å². The van der Waals surface area contributed by atoms with Gasteiger partial charge >= 0.3 is 0 Å². The Morgan fingerprint density at radius 3 is 2.67 bits per heavy atom. The van der Waals surface area contributed by atoms with Crippen molar-refractivity contribution in [2.45, 2.75) is 44.2 Å². The molecular formula is C19H23BrN4. The van der Waals surface area contributed by atoms with E-state index < -0.39 is 0 Å². The van der Waals surface area contributed by atoms with E-state index in [-0.39, 0.29) is 0 Å². The van der Waals surface area contributed by atoms with Crippen LogP contribution in [-0.4, -0.2) is 41.0 Å². The third-order valence-corrected chi connectivity index (χ3v) is 5.89. The predicted octanol–water partition coefficient (Wildman–Crippen LogP) is 4.10. The van der Waals surface area contributed by atoms with E-state index in [9.17, 15) is 0 Å². The van der Waals surface area contributed by atoms with E-state index in [0.29, 0.717) is 6.04 Å². The zero-order chi connectivity index (χ0) is 16.7. The van der Waals surface area contributed by atoms with Gasteiger partial charge in [-0.1, -0.05) is 22.0 Å². The van der Waals surface area contributed by atoms with Gasteiger partial charge in [-0.3, -0.25) is 0 Å². The van der Waals surface area contributed by atoms with E-state index in [0.717, 1.165) is 28.4 Å². The van der Waals surface area contributed by atoms with Crippen molar-refractivity contribution in [1.29, 1.82) is 0 Å². The first-order chi connectivity index (χ1) is 11.6. The van der Waals surface area contributed by atoms with Crippen LogP contribution in [0, 0.1) is 0 Å². The van der Waals surface area contributed by atoms with Gasteiger partial charge in [0.15, 0.2) is 0 Å². The average molecular weight is 387 g/mol. The second-order valence-corrected chi connectivity index (χ2v) is 8.05. The Kier molecular flexibility index (Phi) is 4.31. The van der Waals surface area contributed by atoms with Gasteiger partial charge in [-0.05, 0) is 63.0 Å². The number of fused-ring (bicyclic) bond motifs is 3. The molecule has 4 nitrogen and oxygen atoms in total. The van der Waals surface area contributed by atoms with Gasteiger partial charge in [0.1, 0.15) is 12.1 Å². The SMILES string of the molecule is CN(C)C1CCC(Nc2ncnc3c2-c2cc(Br)ccc2C3)CC1. The molecule has 2 aliphatic carbocycles. The molecule has 0 aliphatic heterocycles. The van der Waals surface area contributed by atoms with Crippen LogP contribution in [0.3, 0.4) is 0 Å². The van der Waals surface area contributed by atoms with Crippen molar-refractivity contribution in [2.24, 2.45) is 0 Å². The lowest BCUT2D eigenvalue weighted by molar-refractivity contribution is 0.221. The minimum Gasteiger partial charge on any atom is -0.367 e. The van der Waals surface area contributed by atoms with Crippen LogP contribution < -0.4 is 5.32 Å². The molecule has 2 aromatic rings. The second kappa shape index (κ2) is 6.45. The normalized spacial score (nSPS) is 22.3. The molecule has 4 rings (SSSR count). The summed E-state index contributed by atoms with van der Waals surface area (Å²) in [5, 5.41) is 3.72. The van der Waals surface area contributed by atoms with Crippen molar-refractivity contribution in [3.05, 3.63) is 40.3 Å². The van der Waals surface area contributed by atoms with E-state index in [1.807, 2.05) is 0 Å². The van der Waals surface area contributed by atoms with E-state index in [1.54, 1.807) is 6.33 Å². The van der Waals surface area contributed by atoms with Gasteiger partial charge in [0.25, 0.3) is 0 Å². The molecular weight excluding hydrogens is 364 g/mol. The molecule has 0 radical (unpaired) electrons. The minimum absolute atomic E-state index is 0.511. The molecule has 0 unspecified atom stereocenters. The number of aromatic nitrogens is 2. The van der Waals surface area contributed by atoms with Gasteiger partial charge in [0.2, 0.25) is 0 Å². The van der Waals surface area contributed by atoms with Crippen LogP contribution in [0.25, 0.3) is 11.1 Å². The summed E-state index contributed by atoms with van der Waals surface area (Å²) in [6.45, 7) is 0. The molecule has 1 heterocycles. The Balaban J connectivity index is 1.58. The highest BCUT2D eigenvalue weighted by atomic mass is 79.9. The Morgan fingerprint density at radius 2 is 1.92 bits per heavy atom. The maximum absolute atomic E-state index is 4.58. The highest BCUT2D eigenvalue weighted by Gasteiger charge is 2.27. The summed E-state index contributed by atoms with van der Waals surface area (Å²) in [5.41, 5.74) is 4.95. The third-order valence-electron chi connectivity index (χ3n) is 5.39. The molecule has 1 aromatic carbocycles. The molecule has 0 amide bonds. The van der Waals surface area contributed by atoms with Crippen molar-refractivity contribution in [1.82, 2.24) is 14.9 Å². The van der Waals surface area contributed by atoms with Gasteiger partial charge in [-0.2, -0.15) is 0 Å². The van der Waals surface area contributed by atoms with Gasteiger partial charge in [0.05, 0.1) is 5.69 Å². The molecule has 0 bridgehead atoms. The van der Waals surface area contributed by atoms with Crippen molar-refractivity contribution < 1.29 is 0 Å². The first-order valence-electron chi connectivity index (χ1n) is 8.67. The number of rotatable bonds is 3. The zero-order valence-corrected chi connectivity index (χ0v) is 15.8. The molecule has 126 valence electrons. The van der Waals surface area contributed by atoms with Crippen LogP contribution in [0.5, 0.6) is 0 Å². The van der Waals surface area contributed by atoms with Crippen LogP contribution in [-0.2, 0) is 6.42 Å². The van der Waals surface area contributed by atoms with Crippen molar-refractivity contribution >= 4 is 21.7 Å². The number of hydrogen-bond acceptors (Lipinski definition) is 4. The minimum atomic E-state index is 0.511. The fraction of sp³-hybridized carbons (Fsp3) is 0.474. The maximum Gasteiger partial charge on any atom is 0.137 e. The lowest BCUT2D eigenvalue weighted by Crippen LogP contribution is -2.36. The summed E-state index contributed by atoms with van der Waals surface area (Å²) in [6, 6.07) is 7.71. The van der Waals surface area contributed by atoms with Crippen molar-refractivity contribution in [3.63, 3.8) is 0 Å². The zero-order valence-electron chi connectivity index (χ0n) is 14.2. The molecule has 2 aliphatic rings. The van der Waals surface area contributed by atoms with Crippen molar-refractivity contribution in [2.75, 3.05) is 19.4 Å². The highest BCUT2D eigenvalue weighted by molar-refractivity contribution is 9.10. The standard InChI is InChI=1S/C19H23BrN4/c1-24(2)15-7-5-14(6-8-15)23-19-18-16-10-13(20)4-3-12(16)9-17(18)21-11-22-19/h3-4,10-11,14-15H,5-9H2,1-2H3,(H,21,22,23). The predicted molar refractivity (Wildman–Crippen MR) is 101 cm³/mol. The van der Waals surface area contributed by atoms with E-state index in [1.165, 1.54) is 42.4 Å². The van der Waals surface area contributed by atoms with Gasteiger partial charge in [-0.25, -0.2) is 9.97 Å². The maximum atomic E-state index is 4.58. The molecule has 5 heteroatoms. The molecule has 1 aromatic heterocycles. The average Bonchev–Trinajstić information content (AvgIpc) is 2.94. The van der Waals surface area contributed by atoms with E-state index >= 15 is 0 Å². The smallest absolute Gasteiger partial charge is 0.137 e. The molecule has 1 N–H and O–H groups in total. The first kappa shape index (κ1) is 16.0. The molecule has 0 atom stereocenters. The van der Waals surface area contributed by atoms with E-state index in [2.05, 4.69) is 68.4 Å². The Morgan fingerprint density at radius 1 is 1.12 bits per heavy atom. The fourth-order valence-corrected chi connectivity index (χ4v) is 4.36. The summed E-state index contributed by atoms with van der Waals surface area (Å²) in [5.74, 6) is 1.00. The quantitative estimate of drug-likeness (QED) is 0.735. The summed E-state index contributed by atoms with van der Waals surface area (Å²) in [4.78, 5) is 11.5. The summed E-state index contributed by atoms with van der Waals surface area (Å²) in [6.07, 6.45) is 7.51. The Bertz CT molecular complexity index is 751. The van der Waals surface area contributed by atoms with Gasteiger partial charge < -0.3 is 10.2 Å². The number of hydrogen-bond donors (Lipinski definition) is 1. The topological polar surface area (TPSA) is 41.0 Å². The molecule has 24 heavy (non-hydrogen) atoms. The summed E-state index contributed by atoms with van der Waals surface area (Å²) in [7, 11) is 4.37. The van der Waals surface area contributed by atoms with Crippen molar-refractivity contribution in [3.8, 4) is 11.1 Å². The van der Waals surface area contributed by atoms with Crippen LogP contribution in [0.1, 0.15) is 36.9 Å². The lowest BCUT2D eigenvalue weighted by Gasteiger charge is -2.33. The lowest BCUT2D eigenvalue weighted by atomic mass is 9.90. The second-order valence-electron chi connectivity index (χ2n) is 7.14. The van der Waals surface area contributed by atoms with Gasteiger partial charge in [0, 0.05) is 28.5 Å². The first-order valence-corrected chi connectivity index (χ1v) is 9.47. The fourth-order valence-electron chi connectivity index (χ4n) is 3.99. The Labute approximate surface area is 151 Å². The number of halogens is 1. The van der Waals surface area contributed by atoms with Crippen LogP contribution in [0.15, 0.2) is 29.0 Å². The van der Waals surface area contributed by atoms with Crippen LogP contribution in [0.2, 0.25) is 0 Å². The van der Waals surface area contributed by atoms with Crippen LogP contribution in [0.4, 0.5) is 5.82 Å². The molecule has 1 saturated carbocycles. The molecule has 1 fully saturated rings. The largest absolute Gasteiger partial charge is 0.367 e. The third kappa shape index (κ3) is 2.95.